The van der Waals surface area contributed by atoms with Crippen molar-refractivity contribution in [1.82, 2.24) is 10.6 Å². The molecule has 0 heterocycles. The molecule has 0 radical (unpaired) electrons. The number of carbonyl (C=O) groups excluding carboxylic acids is 1. The van der Waals surface area contributed by atoms with Crippen LogP contribution in [0.5, 0.6) is 5.75 Å². The summed E-state index contributed by atoms with van der Waals surface area (Å²) in [5.41, 5.74) is 0.874. The standard InChI is InChI=1S/C16H22N2O2.ClH/c1-5-10-17-11-13-6-8-14(9-7-13)20-12-15(19)18-16(2,3)4;/h1,6-9,17H,10-12H2,2-4H3,(H,18,19);1H. The monoisotopic (exact) mass is 310 g/mol. The van der Waals surface area contributed by atoms with Crippen LogP contribution in [0.4, 0.5) is 0 Å². The average molecular weight is 311 g/mol. The molecule has 2 N–H and O–H groups in total. The Morgan fingerprint density at radius 2 is 1.90 bits per heavy atom. The van der Waals surface area contributed by atoms with Crippen molar-refractivity contribution in [2.75, 3.05) is 13.2 Å². The van der Waals surface area contributed by atoms with Crippen LogP contribution in [0.1, 0.15) is 26.3 Å². The molecule has 0 saturated carbocycles. The Bertz CT molecular complexity index is 473. The molecule has 0 aliphatic carbocycles. The number of ether oxygens (including phenoxy) is 1. The lowest BCUT2D eigenvalue weighted by Crippen LogP contribution is -2.43. The number of hydrogen-bond acceptors (Lipinski definition) is 3. The summed E-state index contributed by atoms with van der Waals surface area (Å²) in [6.45, 7) is 7.08. The van der Waals surface area contributed by atoms with Gasteiger partial charge in [0.15, 0.2) is 6.61 Å². The van der Waals surface area contributed by atoms with Crippen LogP contribution in [0, 0.1) is 12.3 Å². The second-order valence-electron chi connectivity index (χ2n) is 5.54. The number of terminal acetylenes is 1. The summed E-state index contributed by atoms with van der Waals surface area (Å²) in [5.74, 6) is 3.07. The zero-order valence-electron chi connectivity index (χ0n) is 12.7. The number of benzene rings is 1. The first kappa shape index (κ1) is 19.3. The lowest BCUT2D eigenvalue weighted by atomic mass is 10.1. The van der Waals surface area contributed by atoms with Crippen LogP contribution in [0.2, 0.25) is 0 Å². The summed E-state index contributed by atoms with van der Waals surface area (Å²) in [6, 6.07) is 7.58. The number of halogens is 1. The molecule has 0 fully saturated rings. The van der Waals surface area contributed by atoms with Gasteiger partial charge in [-0.15, -0.1) is 18.8 Å². The first-order valence-corrected chi connectivity index (χ1v) is 6.57. The van der Waals surface area contributed by atoms with Gasteiger partial charge >= 0.3 is 0 Å². The quantitative estimate of drug-likeness (QED) is 0.625. The molecule has 0 atom stereocenters. The Morgan fingerprint density at radius 1 is 1.29 bits per heavy atom. The molecule has 0 unspecified atom stereocenters. The van der Waals surface area contributed by atoms with Crippen molar-refractivity contribution >= 4 is 18.3 Å². The summed E-state index contributed by atoms with van der Waals surface area (Å²) in [6.07, 6.45) is 5.16. The van der Waals surface area contributed by atoms with Gasteiger partial charge in [-0.3, -0.25) is 4.79 Å². The maximum absolute atomic E-state index is 11.6. The highest BCUT2D eigenvalue weighted by molar-refractivity contribution is 5.85. The average Bonchev–Trinajstić information content (AvgIpc) is 2.36. The zero-order valence-corrected chi connectivity index (χ0v) is 13.5. The van der Waals surface area contributed by atoms with Crippen LogP contribution < -0.4 is 15.4 Å². The van der Waals surface area contributed by atoms with Gasteiger partial charge in [-0.1, -0.05) is 18.1 Å². The van der Waals surface area contributed by atoms with Gasteiger partial charge in [-0.2, -0.15) is 0 Å². The minimum absolute atomic E-state index is 0. The Labute approximate surface area is 133 Å². The van der Waals surface area contributed by atoms with E-state index in [1.807, 2.05) is 45.0 Å². The van der Waals surface area contributed by atoms with Crippen LogP contribution in [0.25, 0.3) is 0 Å². The summed E-state index contributed by atoms with van der Waals surface area (Å²) in [4.78, 5) is 11.6. The minimum atomic E-state index is -0.243. The van der Waals surface area contributed by atoms with Crippen LogP contribution in [-0.4, -0.2) is 24.6 Å². The van der Waals surface area contributed by atoms with Crippen molar-refractivity contribution in [3.63, 3.8) is 0 Å². The van der Waals surface area contributed by atoms with E-state index in [0.29, 0.717) is 12.3 Å². The predicted molar refractivity (Wildman–Crippen MR) is 87.6 cm³/mol. The largest absolute Gasteiger partial charge is 0.484 e. The Balaban J connectivity index is 0.00000400. The molecule has 1 aromatic rings. The number of amides is 1. The number of carbonyl (C=O) groups is 1. The van der Waals surface area contributed by atoms with Gasteiger partial charge < -0.3 is 15.4 Å². The van der Waals surface area contributed by atoms with Crippen molar-refractivity contribution in [2.45, 2.75) is 32.9 Å². The van der Waals surface area contributed by atoms with Gasteiger partial charge in [0.05, 0.1) is 6.54 Å². The number of rotatable bonds is 6. The molecular formula is C16H23ClN2O2. The molecular weight excluding hydrogens is 288 g/mol. The fourth-order valence-corrected chi connectivity index (χ4v) is 1.59. The highest BCUT2D eigenvalue weighted by Crippen LogP contribution is 2.12. The molecule has 21 heavy (non-hydrogen) atoms. The van der Waals surface area contributed by atoms with Gasteiger partial charge in [0.25, 0.3) is 5.91 Å². The van der Waals surface area contributed by atoms with Crippen molar-refractivity contribution in [3.05, 3.63) is 29.8 Å². The number of hydrogen-bond donors (Lipinski definition) is 2. The van der Waals surface area contributed by atoms with E-state index < -0.39 is 0 Å². The SMILES string of the molecule is C#CCNCc1ccc(OCC(=O)NC(C)(C)C)cc1.Cl. The molecule has 1 aromatic carbocycles. The van der Waals surface area contributed by atoms with E-state index in [2.05, 4.69) is 16.6 Å². The molecule has 0 aliphatic rings. The molecule has 0 saturated heterocycles. The first-order valence-electron chi connectivity index (χ1n) is 6.57. The lowest BCUT2D eigenvalue weighted by Gasteiger charge is -2.20. The topological polar surface area (TPSA) is 50.4 Å². The van der Waals surface area contributed by atoms with Gasteiger partial charge in [0, 0.05) is 12.1 Å². The summed E-state index contributed by atoms with van der Waals surface area (Å²) in [5, 5.41) is 5.95. The van der Waals surface area contributed by atoms with Crippen molar-refractivity contribution < 1.29 is 9.53 Å². The van der Waals surface area contributed by atoms with Crippen LogP contribution in [0.3, 0.4) is 0 Å². The third kappa shape index (κ3) is 8.96. The highest BCUT2D eigenvalue weighted by atomic mass is 35.5. The Hall–Kier alpha value is -1.70. The second kappa shape index (κ2) is 9.28. The summed E-state index contributed by atoms with van der Waals surface area (Å²) in [7, 11) is 0. The maximum atomic E-state index is 11.6. The number of nitrogens with one attached hydrogen (secondary N) is 2. The summed E-state index contributed by atoms with van der Waals surface area (Å²) >= 11 is 0. The first-order chi connectivity index (χ1) is 9.40. The predicted octanol–water partition coefficient (Wildman–Crippen LogP) is 2.12. The molecule has 0 aromatic heterocycles. The van der Waals surface area contributed by atoms with Crippen LogP contribution >= 0.6 is 12.4 Å². The van der Waals surface area contributed by atoms with E-state index in [1.54, 1.807) is 0 Å². The van der Waals surface area contributed by atoms with Gasteiger partial charge in [-0.25, -0.2) is 0 Å². The van der Waals surface area contributed by atoms with E-state index in [-0.39, 0.29) is 30.5 Å². The van der Waals surface area contributed by atoms with Crippen LogP contribution in [-0.2, 0) is 11.3 Å². The Morgan fingerprint density at radius 3 is 2.43 bits per heavy atom. The van der Waals surface area contributed by atoms with E-state index in [9.17, 15) is 4.79 Å². The van der Waals surface area contributed by atoms with E-state index in [4.69, 9.17) is 11.2 Å². The fourth-order valence-electron chi connectivity index (χ4n) is 1.59. The van der Waals surface area contributed by atoms with Crippen LogP contribution in [0.15, 0.2) is 24.3 Å². The molecule has 1 amide bonds. The molecule has 0 aliphatic heterocycles. The molecule has 0 spiro atoms. The smallest absolute Gasteiger partial charge is 0.258 e. The molecule has 4 nitrogen and oxygen atoms in total. The van der Waals surface area contributed by atoms with E-state index in [0.717, 1.165) is 12.1 Å². The lowest BCUT2D eigenvalue weighted by molar-refractivity contribution is -0.124. The van der Waals surface area contributed by atoms with E-state index >= 15 is 0 Å². The van der Waals surface area contributed by atoms with Crippen molar-refractivity contribution in [2.24, 2.45) is 0 Å². The minimum Gasteiger partial charge on any atom is -0.484 e. The third-order valence-electron chi connectivity index (χ3n) is 2.36. The second-order valence-corrected chi connectivity index (χ2v) is 5.54. The third-order valence-corrected chi connectivity index (χ3v) is 2.36. The van der Waals surface area contributed by atoms with Crippen molar-refractivity contribution in [3.8, 4) is 18.1 Å². The molecule has 116 valence electrons. The van der Waals surface area contributed by atoms with Gasteiger partial charge in [0.2, 0.25) is 0 Å². The zero-order chi connectivity index (χ0) is 15.0. The molecule has 5 heteroatoms. The van der Waals surface area contributed by atoms with Gasteiger partial charge in [-0.05, 0) is 38.5 Å². The molecule has 1 rings (SSSR count). The fraction of sp³-hybridized carbons (Fsp3) is 0.438. The maximum Gasteiger partial charge on any atom is 0.258 e. The van der Waals surface area contributed by atoms with E-state index in [1.165, 1.54) is 0 Å². The Kier molecular flexibility index (Phi) is 8.52. The van der Waals surface area contributed by atoms with Crippen molar-refractivity contribution in [1.29, 1.82) is 0 Å². The normalized spacial score (nSPS) is 10.2. The summed E-state index contributed by atoms with van der Waals surface area (Å²) < 4.78 is 5.43. The highest BCUT2D eigenvalue weighted by Gasteiger charge is 2.13. The van der Waals surface area contributed by atoms with Gasteiger partial charge in [0.1, 0.15) is 5.75 Å². The molecule has 0 bridgehead atoms.